The molecule has 5 rings (SSSR count). The number of para-hydroxylation sites is 2. The number of hydrogen-bond acceptors (Lipinski definition) is 6. The molecule has 1 fully saturated rings. The standard InChI is InChI=1S/C25H20ClN3O2S2/c1-28-19-15-17(26)11-12-21(19)32-24(28)22-23(31)29(14-13-16-7-3-2-4-8-16)25(33-22)27-18-9-5-6-10-20(18)30/h2-12,15,30H,13-14H2,1H3/b24-22-,27-25?. The monoisotopic (exact) mass is 493 g/mol. The number of aromatic hydroxyl groups is 1. The average Bonchev–Trinajstić information content (AvgIpc) is 3.30. The summed E-state index contributed by atoms with van der Waals surface area (Å²) in [5.41, 5.74) is 2.56. The first-order valence-electron chi connectivity index (χ1n) is 10.4. The van der Waals surface area contributed by atoms with E-state index in [4.69, 9.17) is 11.6 Å². The Morgan fingerprint density at radius 2 is 1.76 bits per heavy atom. The molecule has 0 spiro atoms. The van der Waals surface area contributed by atoms with Gasteiger partial charge in [-0.3, -0.25) is 9.69 Å². The van der Waals surface area contributed by atoms with Crippen molar-refractivity contribution < 1.29 is 9.90 Å². The molecule has 0 unspecified atom stereocenters. The Balaban J connectivity index is 1.51. The van der Waals surface area contributed by atoms with Gasteiger partial charge in [-0.05, 0) is 54.1 Å². The highest BCUT2D eigenvalue weighted by Crippen LogP contribution is 2.50. The van der Waals surface area contributed by atoms with Crippen molar-refractivity contribution in [1.82, 2.24) is 4.90 Å². The third kappa shape index (κ3) is 4.36. The zero-order valence-electron chi connectivity index (χ0n) is 17.7. The first-order chi connectivity index (χ1) is 16.0. The molecule has 3 aromatic rings. The van der Waals surface area contributed by atoms with E-state index in [1.807, 2.05) is 66.5 Å². The fourth-order valence-electron chi connectivity index (χ4n) is 3.68. The number of carbonyl (C=O) groups is 1. The van der Waals surface area contributed by atoms with Gasteiger partial charge in [0.15, 0.2) is 5.17 Å². The summed E-state index contributed by atoms with van der Waals surface area (Å²) in [4.78, 5) is 23.7. The number of benzene rings is 3. The molecule has 166 valence electrons. The second-order valence-corrected chi connectivity index (χ2v) is 10.0. The van der Waals surface area contributed by atoms with Gasteiger partial charge >= 0.3 is 0 Å². The normalized spacial score (nSPS) is 19.0. The topological polar surface area (TPSA) is 56.1 Å². The van der Waals surface area contributed by atoms with Crippen molar-refractivity contribution in [3.05, 3.63) is 93.3 Å². The summed E-state index contributed by atoms with van der Waals surface area (Å²) >= 11 is 9.10. The third-order valence-electron chi connectivity index (χ3n) is 5.42. The second kappa shape index (κ2) is 9.17. The number of carbonyl (C=O) groups excluding carboxylic acids is 1. The Bertz CT molecular complexity index is 1290. The van der Waals surface area contributed by atoms with Crippen molar-refractivity contribution in [3.8, 4) is 5.75 Å². The Morgan fingerprint density at radius 1 is 1.00 bits per heavy atom. The molecule has 2 heterocycles. The predicted octanol–water partition coefficient (Wildman–Crippen LogP) is 6.26. The minimum Gasteiger partial charge on any atom is -0.506 e. The van der Waals surface area contributed by atoms with E-state index < -0.39 is 0 Å². The number of hydrogen-bond donors (Lipinski definition) is 1. The molecule has 0 bridgehead atoms. The van der Waals surface area contributed by atoms with Crippen LogP contribution in [0.2, 0.25) is 5.02 Å². The van der Waals surface area contributed by atoms with Gasteiger partial charge in [-0.1, -0.05) is 65.8 Å². The van der Waals surface area contributed by atoms with Crippen LogP contribution < -0.4 is 4.90 Å². The summed E-state index contributed by atoms with van der Waals surface area (Å²) in [7, 11) is 1.94. The number of amides is 1. The van der Waals surface area contributed by atoms with Crippen molar-refractivity contribution in [2.75, 3.05) is 18.5 Å². The van der Waals surface area contributed by atoms with E-state index in [-0.39, 0.29) is 11.7 Å². The van der Waals surface area contributed by atoms with Gasteiger partial charge in [0.05, 0.1) is 10.7 Å². The maximum absolute atomic E-state index is 13.6. The van der Waals surface area contributed by atoms with Gasteiger partial charge in [-0.25, -0.2) is 4.99 Å². The van der Waals surface area contributed by atoms with Gasteiger partial charge in [0, 0.05) is 23.5 Å². The summed E-state index contributed by atoms with van der Waals surface area (Å²) < 4.78 is 0. The van der Waals surface area contributed by atoms with Gasteiger partial charge in [-0.15, -0.1) is 0 Å². The first-order valence-corrected chi connectivity index (χ1v) is 12.4. The van der Waals surface area contributed by atoms with Crippen molar-refractivity contribution >= 4 is 57.6 Å². The van der Waals surface area contributed by atoms with Gasteiger partial charge in [0.2, 0.25) is 0 Å². The summed E-state index contributed by atoms with van der Waals surface area (Å²) in [6, 6.07) is 22.7. The Labute approximate surface area is 205 Å². The lowest BCUT2D eigenvalue weighted by Crippen LogP contribution is -2.31. The molecule has 1 N–H and O–H groups in total. The molecule has 33 heavy (non-hydrogen) atoms. The number of rotatable bonds is 4. The van der Waals surface area contributed by atoms with Crippen LogP contribution in [0.4, 0.5) is 11.4 Å². The third-order valence-corrected chi connectivity index (χ3v) is 8.08. The van der Waals surface area contributed by atoms with Gasteiger partial charge < -0.3 is 10.0 Å². The molecule has 0 atom stereocenters. The SMILES string of the molecule is CN1/C(=C2/SC(=Nc3ccccc3O)N(CCc3ccccc3)C2=O)Sc2ccc(Cl)cc21. The zero-order valence-corrected chi connectivity index (χ0v) is 20.1. The average molecular weight is 494 g/mol. The van der Waals surface area contributed by atoms with Crippen LogP contribution in [0.5, 0.6) is 5.75 Å². The minimum atomic E-state index is -0.0849. The molecule has 2 aliphatic rings. The van der Waals surface area contributed by atoms with E-state index in [9.17, 15) is 9.90 Å². The molecule has 2 aliphatic heterocycles. The maximum Gasteiger partial charge on any atom is 0.269 e. The number of amidine groups is 1. The van der Waals surface area contributed by atoms with E-state index in [0.29, 0.717) is 33.7 Å². The fraction of sp³-hybridized carbons (Fsp3) is 0.120. The van der Waals surface area contributed by atoms with E-state index in [2.05, 4.69) is 4.99 Å². The number of fused-ring (bicyclic) bond motifs is 1. The molecule has 5 nitrogen and oxygen atoms in total. The largest absolute Gasteiger partial charge is 0.506 e. The lowest BCUT2D eigenvalue weighted by molar-refractivity contribution is -0.122. The van der Waals surface area contributed by atoms with Crippen molar-refractivity contribution in [3.63, 3.8) is 0 Å². The number of phenolic OH excluding ortho intramolecular Hbond substituents is 1. The van der Waals surface area contributed by atoms with E-state index in [1.165, 1.54) is 11.8 Å². The minimum absolute atomic E-state index is 0.0802. The van der Waals surface area contributed by atoms with Crippen LogP contribution >= 0.6 is 35.1 Å². The van der Waals surface area contributed by atoms with Gasteiger partial charge in [0.25, 0.3) is 5.91 Å². The van der Waals surface area contributed by atoms with Crippen LogP contribution in [0.15, 0.2) is 92.6 Å². The quantitative estimate of drug-likeness (QED) is 0.434. The second-order valence-electron chi connectivity index (χ2n) is 7.58. The van der Waals surface area contributed by atoms with E-state index in [0.717, 1.165) is 21.2 Å². The van der Waals surface area contributed by atoms with Crippen LogP contribution in [-0.4, -0.2) is 34.7 Å². The van der Waals surface area contributed by atoms with Crippen molar-refractivity contribution in [1.29, 1.82) is 0 Å². The molecule has 8 heteroatoms. The van der Waals surface area contributed by atoms with E-state index >= 15 is 0 Å². The summed E-state index contributed by atoms with van der Waals surface area (Å²) in [6.07, 6.45) is 0.703. The molecular formula is C25H20ClN3O2S2. The summed E-state index contributed by atoms with van der Waals surface area (Å²) in [5, 5.41) is 12.3. The number of thioether (sulfide) groups is 2. The number of phenols is 1. The van der Waals surface area contributed by atoms with Crippen LogP contribution in [0.3, 0.4) is 0 Å². The lowest BCUT2D eigenvalue weighted by Gasteiger charge is -2.17. The molecule has 0 aliphatic carbocycles. The van der Waals surface area contributed by atoms with Crippen LogP contribution in [0.1, 0.15) is 5.56 Å². The number of halogens is 1. The molecular weight excluding hydrogens is 474 g/mol. The molecule has 1 saturated heterocycles. The number of aliphatic imine (C=N–C) groups is 1. The molecule has 0 radical (unpaired) electrons. The number of anilines is 1. The Morgan fingerprint density at radius 3 is 2.55 bits per heavy atom. The number of nitrogens with zero attached hydrogens (tertiary/aromatic N) is 3. The lowest BCUT2D eigenvalue weighted by atomic mass is 10.1. The molecule has 0 aromatic heterocycles. The van der Waals surface area contributed by atoms with Crippen LogP contribution in [0, 0.1) is 0 Å². The molecule has 0 saturated carbocycles. The zero-order chi connectivity index (χ0) is 22.9. The predicted molar refractivity (Wildman–Crippen MR) is 137 cm³/mol. The highest BCUT2D eigenvalue weighted by molar-refractivity contribution is 8.19. The first kappa shape index (κ1) is 21.9. The molecule has 3 aromatic carbocycles. The molecule has 1 amide bonds. The van der Waals surface area contributed by atoms with Crippen LogP contribution in [0.25, 0.3) is 0 Å². The Hall–Kier alpha value is -2.87. The summed E-state index contributed by atoms with van der Waals surface area (Å²) in [6.45, 7) is 0.492. The van der Waals surface area contributed by atoms with Crippen LogP contribution in [-0.2, 0) is 11.2 Å². The smallest absolute Gasteiger partial charge is 0.269 e. The summed E-state index contributed by atoms with van der Waals surface area (Å²) in [5.74, 6) is -0.00470. The highest BCUT2D eigenvalue weighted by atomic mass is 35.5. The highest BCUT2D eigenvalue weighted by Gasteiger charge is 2.39. The van der Waals surface area contributed by atoms with Crippen molar-refractivity contribution in [2.45, 2.75) is 11.3 Å². The van der Waals surface area contributed by atoms with Crippen molar-refractivity contribution in [2.24, 2.45) is 4.99 Å². The van der Waals surface area contributed by atoms with Gasteiger partial charge in [0.1, 0.15) is 16.3 Å². The van der Waals surface area contributed by atoms with E-state index in [1.54, 1.807) is 34.9 Å². The fourth-order valence-corrected chi connectivity index (χ4v) is 6.19. The maximum atomic E-state index is 13.6. The van der Waals surface area contributed by atoms with Gasteiger partial charge in [-0.2, -0.15) is 0 Å². The Kier molecular flexibility index (Phi) is 6.10.